The molecule has 0 spiro atoms. The van der Waals surface area contributed by atoms with Crippen LogP contribution in [0.4, 0.5) is 0 Å². The Labute approximate surface area is 147 Å². The molecule has 0 radical (unpaired) electrons. The van der Waals surface area contributed by atoms with E-state index in [1.165, 1.54) is 25.7 Å². The van der Waals surface area contributed by atoms with Gasteiger partial charge in [-0.05, 0) is 62.3 Å². The first-order chi connectivity index (χ1) is 11.7. The first-order valence-corrected chi connectivity index (χ1v) is 10.1. The molecule has 0 aliphatic heterocycles. The molecular formula is C19H25NO3S. The molecule has 2 aromatic rings. The lowest BCUT2D eigenvalue weighted by Gasteiger charge is -2.32. The smallest absolute Gasteiger partial charge is 0.397 e. The summed E-state index contributed by atoms with van der Waals surface area (Å²) in [6.07, 6.45) is 8.50. The zero-order chi connectivity index (χ0) is 16.9. The van der Waals surface area contributed by atoms with Crippen LogP contribution in [-0.4, -0.2) is 23.1 Å². The van der Waals surface area contributed by atoms with Gasteiger partial charge >= 0.3 is 11.7 Å². The fourth-order valence-electron chi connectivity index (χ4n) is 3.62. The topological polar surface area (TPSA) is 52.3 Å². The molecule has 1 aromatic carbocycles. The monoisotopic (exact) mass is 347 g/mol. The minimum Gasteiger partial charge on any atom is -0.450 e. The lowest BCUT2D eigenvalue weighted by atomic mass is 9.79. The number of fused-ring (bicyclic) bond motifs is 1. The number of para-hydroxylation sites is 1. The highest BCUT2D eigenvalue weighted by atomic mass is 32.2. The lowest BCUT2D eigenvalue weighted by molar-refractivity contribution is 0.127. The Kier molecular flexibility index (Phi) is 5.82. The average molecular weight is 347 g/mol. The molecule has 130 valence electrons. The molecule has 24 heavy (non-hydrogen) atoms. The van der Waals surface area contributed by atoms with E-state index in [1.54, 1.807) is 18.2 Å². The largest absolute Gasteiger partial charge is 0.450 e. The second kappa shape index (κ2) is 8.06. The second-order valence-electron chi connectivity index (χ2n) is 6.54. The van der Waals surface area contributed by atoms with Gasteiger partial charge in [0.2, 0.25) is 0 Å². The van der Waals surface area contributed by atoms with Crippen LogP contribution in [0.25, 0.3) is 10.9 Å². The molecule has 1 unspecified atom stereocenters. The molecular weight excluding hydrogens is 322 g/mol. The van der Waals surface area contributed by atoms with Crippen LogP contribution in [0.15, 0.2) is 33.5 Å². The molecule has 1 aliphatic rings. The van der Waals surface area contributed by atoms with Gasteiger partial charge in [0.25, 0.3) is 0 Å². The third-order valence-electron chi connectivity index (χ3n) is 5.18. The van der Waals surface area contributed by atoms with Gasteiger partial charge in [0.1, 0.15) is 0 Å². The Hall–Kier alpha value is -1.49. The maximum absolute atomic E-state index is 12.0. The van der Waals surface area contributed by atoms with Gasteiger partial charge in [-0.3, -0.25) is 0 Å². The summed E-state index contributed by atoms with van der Waals surface area (Å²) in [5.41, 5.74) is 0.237. The number of hydrogen-bond acceptors (Lipinski definition) is 5. The third kappa shape index (κ3) is 3.94. The van der Waals surface area contributed by atoms with Crippen molar-refractivity contribution in [1.82, 2.24) is 4.98 Å². The third-order valence-corrected chi connectivity index (χ3v) is 6.32. The molecule has 1 atom stereocenters. The number of ether oxygens (including phenoxy) is 1. The highest BCUT2D eigenvalue weighted by molar-refractivity contribution is 7.99. The van der Waals surface area contributed by atoms with Crippen LogP contribution >= 0.6 is 11.8 Å². The SMILES string of the molecule is CCC(COc1nc2ccccc2c(=O)o1)C1CCC(SC)CC1. The highest BCUT2D eigenvalue weighted by Crippen LogP contribution is 2.36. The van der Waals surface area contributed by atoms with Crippen molar-refractivity contribution in [2.45, 2.75) is 44.3 Å². The number of thioether (sulfide) groups is 1. The summed E-state index contributed by atoms with van der Waals surface area (Å²) in [5, 5.41) is 1.31. The number of rotatable bonds is 6. The highest BCUT2D eigenvalue weighted by Gasteiger charge is 2.27. The predicted molar refractivity (Wildman–Crippen MR) is 98.8 cm³/mol. The van der Waals surface area contributed by atoms with Crippen molar-refractivity contribution >= 4 is 22.7 Å². The summed E-state index contributed by atoms with van der Waals surface area (Å²) in [4.78, 5) is 16.3. The van der Waals surface area contributed by atoms with Gasteiger partial charge in [0.05, 0.1) is 17.5 Å². The maximum atomic E-state index is 12.0. The van der Waals surface area contributed by atoms with Crippen LogP contribution in [0.2, 0.25) is 0 Å². The van der Waals surface area contributed by atoms with E-state index >= 15 is 0 Å². The summed E-state index contributed by atoms with van der Waals surface area (Å²) in [7, 11) is 0. The summed E-state index contributed by atoms with van der Waals surface area (Å²) >= 11 is 1.99. The quantitative estimate of drug-likeness (QED) is 0.769. The van der Waals surface area contributed by atoms with Gasteiger partial charge in [-0.2, -0.15) is 16.7 Å². The Morgan fingerprint density at radius 2 is 2.04 bits per heavy atom. The van der Waals surface area contributed by atoms with E-state index < -0.39 is 0 Å². The van der Waals surface area contributed by atoms with Crippen molar-refractivity contribution in [3.63, 3.8) is 0 Å². The Morgan fingerprint density at radius 1 is 1.29 bits per heavy atom. The van der Waals surface area contributed by atoms with Crippen molar-refractivity contribution in [1.29, 1.82) is 0 Å². The van der Waals surface area contributed by atoms with Crippen molar-refractivity contribution in [3.8, 4) is 6.08 Å². The van der Waals surface area contributed by atoms with Gasteiger partial charge in [-0.25, -0.2) is 4.79 Å². The number of benzene rings is 1. The summed E-state index contributed by atoms with van der Waals surface area (Å²) in [6.45, 7) is 2.78. The van der Waals surface area contributed by atoms with E-state index in [1.807, 2.05) is 17.8 Å². The van der Waals surface area contributed by atoms with Crippen LogP contribution in [0, 0.1) is 11.8 Å². The number of aromatic nitrogens is 1. The van der Waals surface area contributed by atoms with Crippen molar-refractivity contribution in [2.75, 3.05) is 12.9 Å². The number of nitrogens with zero attached hydrogens (tertiary/aromatic N) is 1. The Bertz CT molecular complexity index is 722. The minimum absolute atomic E-state index is 0.0925. The van der Waals surface area contributed by atoms with E-state index in [0.717, 1.165) is 11.7 Å². The molecule has 3 rings (SSSR count). The molecule has 5 heteroatoms. The summed E-state index contributed by atoms with van der Waals surface area (Å²) in [6, 6.07) is 7.19. The second-order valence-corrected chi connectivity index (χ2v) is 7.67. The fourth-order valence-corrected chi connectivity index (χ4v) is 4.37. The van der Waals surface area contributed by atoms with Crippen molar-refractivity contribution in [3.05, 3.63) is 34.7 Å². The molecule has 1 aromatic heterocycles. The first-order valence-electron chi connectivity index (χ1n) is 8.76. The predicted octanol–water partition coefficient (Wildman–Crippen LogP) is 4.51. The molecule has 1 saturated carbocycles. The fraction of sp³-hybridized carbons (Fsp3) is 0.579. The molecule has 1 heterocycles. The van der Waals surface area contributed by atoms with Crippen molar-refractivity contribution in [2.24, 2.45) is 11.8 Å². The Morgan fingerprint density at radius 3 is 2.75 bits per heavy atom. The van der Waals surface area contributed by atoms with Gasteiger partial charge in [0.15, 0.2) is 0 Å². The van der Waals surface area contributed by atoms with Crippen LogP contribution in [0.1, 0.15) is 39.0 Å². The summed E-state index contributed by atoms with van der Waals surface area (Å²) in [5.74, 6) is 1.19. The average Bonchev–Trinajstić information content (AvgIpc) is 2.63. The van der Waals surface area contributed by atoms with E-state index in [2.05, 4.69) is 18.2 Å². The molecule has 0 N–H and O–H groups in total. The van der Waals surface area contributed by atoms with Gasteiger partial charge < -0.3 is 9.15 Å². The van der Waals surface area contributed by atoms with Crippen LogP contribution in [0.3, 0.4) is 0 Å². The number of hydrogen-bond donors (Lipinski definition) is 0. The molecule has 1 aliphatic carbocycles. The minimum atomic E-state index is -0.385. The van der Waals surface area contributed by atoms with Crippen LogP contribution in [-0.2, 0) is 0 Å². The normalized spacial score (nSPS) is 22.4. The first kappa shape index (κ1) is 17.3. The zero-order valence-electron chi connectivity index (χ0n) is 14.4. The van der Waals surface area contributed by atoms with E-state index in [0.29, 0.717) is 29.3 Å². The van der Waals surface area contributed by atoms with Gasteiger partial charge in [-0.15, -0.1) is 0 Å². The van der Waals surface area contributed by atoms with Crippen molar-refractivity contribution < 1.29 is 9.15 Å². The maximum Gasteiger partial charge on any atom is 0.397 e. The van der Waals surface area contributed by atoms with E-state index in [9.17, 15) is 4.79 Å². The Balaban J connectivity index is 1.64. The molecule has 0 saturated heterocycles. The van der Waals surface area contributed by atoms with Crippen LogP contribution in [0.5, 0.6) is 6.08 Å². The standard InChI is InChI=1S/C19H25NO3S/c1-3-13(14-8-10-15(24-2)11-9-14)12-22-19-20-17-7-5-4-6-16(17)18(21)23-19/h4-7,13-15H,3,8-12H2,1-2H3. The molecule has 1 fully saturated rings. The van der Waals surface area contributed by atoms with Gasteiger partial charge in [-0.1, -0.05) is 19.1 Å². The molecule has 0 bridgehead atoms. The van der Waals surface area contributed by atoms with E-state index in [-0.39, 0.29) is 11.7 Å². The molecule has 4 nitrogen and oxygen atoms in total. The van der Waals surface area contributed by atoms with E-state index in [4.69, 9.17) is 9.15 Å². The van der Waals surface area contributed by atoms with Crippen LogP contribution < -0.4 is 10.4 Å². The summed E-state index contributed by atoms with van der Waals surface area (Å²) < 4.78 is 11.0. The zero-order valence-corrected chi connectivity index (χ0v) is 15.2. The molecule has 0 amide bonds. The van der Waals surface area contributed by atoms with Gasteiger partial charge in [0, 0.05) is 5.25 Å². The lowest BCUT2D eigenvalue weighted by Crippen LogP contribution is -2.27.